The van der Waals surface area contributed by atoms with E-state index in [9.17, 15) is 0 Å². The SMILES string of the molecule is Cc1cc(NCCNC2CC2)c2ccccc2n1. The number of benzene rings is 1. The Morgan fingerprint density at radius 2 is 2.06 bits per heavy atom. The van der Waals surface area contributed by atoms with Crippen molar-refractivity contribution in [1.82, 2.24) is 10.3 Å². The van der Waals surface area contributed by atoms with Crippen LogP contribution < -0.4 is 10.6 Å². The first-order valence-corrected chi connectivity index (χ1v) is 6.66. The minimum Gasteiger partial charge on any atom is -0.383 e. The molecule has 1 aromatic heterocycles. The summed E-state index contributed by atoms with van der Waals surface area (Å²) >= 11 is 0. The second-order valence-electron chi connectivity index (χ2n) is 4.98. The molecule has 1 fully saturated rings. The van der Waals surface area contributed by atoms with E-state index in [2.05, 4.69) is 39.9 Å². The maximum atomic E-state index is 4.55. The molecule has 0 radical (unpaired) electrons. The molecule has 94 valence electrons. The molecule has 3 heteroatoms. The van der Waals surface area contributed by atoms with Crippen LogP contribution in [-0.4, -0.2) is 24.1 Å². The summed E-state index contributed by atoms with van der Waals surface area (Å²) in [6.45, 7) is 4.03. The average Bonchev–Trinajstić information content (AvgIpc) is 3.18. The molecule has 0 atom stereocenters. The lowest BCUT2D eigenvalue weighted by atomic mass is 10.1. The Morgan fingerprint density at radius 1 is 1.22 bits per heavy atom. The number of aryl methyl sites for hydroxylation is 1. The van der Waals surface area contributed by atoms with Crippen molar-refractivity contribution in [3.63, 3.8) is 0 Å². The van der Waals surface area contributed by atoms with E-state index in [0.717, 1.165) is 30.3 Å². The third kappa shape index (κ3) is 2.62. The Bertz CT molecular complexity index is 546. The van der Waals surface area contributed by atoms with Crippen LogP contribution in [0.4, 0.5) is 5.69 Å². The Labute approximate surface area is 108 Å². The number of rotatable bonds is 5. The summed E-state index contributed by atoms with van der Waals surface area (Å²) < 4.78 is 0. The lowest BCUT2D eigenvalue weighted by Gasteiger charge is -2.11. The molecule has 0 unspecified atom stereocenters. The Kier molecular flexibility index (Phi) is 3.15. The van der Waals surface area contributed by atoms with Crippen molar-refractivity contribution in [2.75, 3.05) is 18.4 Å². The molecule has 1 aliphatic carbocycles. The highest BCUT2D eigenvalue weighted by atomic mass is 15.0. The van der Waals surface area contributed by atoms with Gasteiger partial charge in [-0.3, -0.25) is 4.98 Å². The Hall–Kier alpha value is -1.61. The van der Waals surface area contributed by atoms with Crippen molar-refractivity contribution < 1.29 is 0 Å². The summed E-state index contributed by atoms with van der Waals surface area (Å²) in [5.74, 6) is 0. The molecule has 0 bridgehead atoms. The van der Waals surface area contributed by atoms with Gasteiger partial charge in [-0.2, -0.15) is 0 Å². The summed E-state index contributed by atoms with van der Waals surface area (Å²) in [7, 11) is 0. The minimum atomic E-state index is 0.780. The van der Waals surface area contributed by atoms with Crippen LogP contribution in [0, 0.1) is 6.92 Å². The van der Waals surface area contributed by atoms with E-state index in [1.54, 1.807) is 0 Å². The lowest BCUT2D eigenvalue weighted by molar-refractivity contribution is 0.701. The van der Waals surface area contributed by atoms with E-state index >= 15 is 0 Å². The van der Waals surface area contributed by atoms with Crippen molar-refractivity contribution >= 4 is 16.6 Å². The Morgan fingerprint density at radius 3 is 2.89 bits per heavy atom. The first-order valence-electron chi connectivity index (χ1n) is 6.66. The predicted octanol–water partition coefficient (Wildman–Crippen LogP) is 2.71. The van der Waals surface area contributed by atoms with E-state index in [-0.39, 0.29) is 0 Å². The molecular formula is C15H19N3. The highest BCUT2D eigenvalue weighted by Crippen LogP contribution is 2.22. The molecule has 0 saturated heterocycles. The van der Waals surface area contributed by atoms with Crippen molar-refractivity contribution in [3.05, 3.63) is 36.0 Å². The summed E-state index contributed by atoms with van der Waals surface area (Å²) in [5.41, 5.74) is 3.32. The molecule has 1 saturated carbocycles. The van der Waals surface area contributed by atoms with Crippen molar-refractivity contribution in [1.29, 1.82) is 0 Å². The van der Waals surface area contributed by atoms with Gasteiger partial charge < -0.3 is 10.6 Å². The highest BCUT2D eigenvalue weighted by Gasteiger charge is 2.19. The quantitative estimate of drug-likeness (QED) is 0.790. The summed E-state index contributed by atoms with van der Waals surface area (Å²) in [5, 5.41) is 8.22. The largest absolute Gasteiger partial charge is 0.383 e. The van der Waals surface area contributed by atoms with Gasteiger partial charge in [0.25, 0.3) is 0 Å². The van der Waals surface area contributed by atoms with Gasteiger partial charge in [0.05, 0.1) is 5.52 Å². The molecule has 0 spiro atoms. The van der Waals surface area contributed by atoms with Gasteiger partial charge in [-0.15, -0.1) is 0 Å². The summed E-state index contributed by atoms with van der Waals surface area (Å²) in [6.07, 6.45) is 2.69. The monoisotopic (exact) mass is 241 g/mol. The maximum Gasteiger partial charge on any atom is 0.0725 e. The third-order valence-electron chi connectivity index (χ3n) is 3.30. The second-order valence-corrected chi connectivity index (χ2v) is 4.98. The van der Waals surface area contributed by atoms with Crippen LogP contribution in [0.25, 0.3) is 10.9 Å². The highest BCUT2D eigenvalue weighted by molar-refractivity contribution is 5.91. The molecular weight excluding hydrogens is 222 g/mol. The first-order chi connectivity index (χ1) is 8.83. The second kappa shape index (κ2) is 4.94. The normalized spacial score (nSPS) is 14.9. The van der Waals surface area contributed by atoms with Crippen LogP contribution in [0.5, 0.6) is 0 Å². The number of anilines is 1. The van der Waals surface area contributed by atoms with Gasteiger partial charge in [-0.05, 0) is 31.9 Å². The number of fused-ring (bicyclic) bond motifs is 1. The predicted molar refractivity (Wildman–Crippen MR) is 76.0 cm³/mol. The van der Waals surface area contributed by atoms with Gasteiger partial charge >= 0.3 is 0 Å². The molecule has 2 aromatic rings. The Balaban J connectivity index is 1.72. The summed E-state index contributed by atoms with van der Waals surface area (Å²) in [4.78, 5) is 4.55. The van der Waals surface area contributed by atoms with Gasteiger partial charge in [0.2, 0.25) is 0 Å². The van der Waals surface area contributed by atoms with E-state index in [4.69, 9.17) is 0 Å². The van der Waals surface area contributed by atoms with Gasteiger partial charge in [-0.1, -0.05) is 18.2 Å². The molecule has 1 heterocycles. The zero-order valence-corrected chi connectivity index (χ0v) is 10.7. The standard InChI is InChI=1S/C15H19N3/c1-11-10-15(17-9-8-16-12-6-7-12)13-4-2-3-5-14(13)18-11/h2-5,10,12,16H,6-9H2,1H3,(H,17,18). The number of pyridine rings is 1. The zero-order chi connectivity index (χ0) is 12.4. The van der Waals surface area contributed by atoms with Crippen LogP contribution in [0.1, 0.15) is 18.5 Å². The van der Waals surface area contributed by atoms with E-state index in [0.29, 0.717) is 0 Å². The smallest absolute Gasteiger partial charge is 0.0725 e. The van der Waals surface area contributed by atoms with E-state index in [1.807, 2.05) is 13.0 Å². The molecule has 0 amide bonds. The number of para-hydroxylation sites is 1. The fraction of sp³-hybridized carbons (Fsp3) is 0.400. The van der Waals surface area contributed by atoms with E-state index < -0.39 is 0 Å². The molecule has 18 heavy (non-hydrogen) atoms. The average molecular weight is 241 g/mol. The fourth-order valence-corrected chi connectivity index (χ4v) is 2.21. The van der Waals surface area contributed by atoms with Gasteiger partial charge in [0.15, 0.2) is 0 Å². The van der Waals surface area contributed by atoms with E-state index in [1.165, 1.54) is 23.9 Å². The number of nitrogens with zero attached hydrogens (tertiary/aromatic N) is 1. The maximum absolute atomic E-state index is 4.55. The lowest BCUT2D eigenvalue weighted by Crippen LogP contribution is -2.24. The fourth-order valence-electron chi connectivity index (χ4n) is 2.21. The third-order valence-corrected chi connectivity index (χ3v) is 3.30. The van der Waals surface area contributed by atoms with Crippen LogP contribution in [0.3, 0.4) is 0 Å². The van der Waals surface area contributed by atoms with Crippen LogP contribution in [-0.2, 0) is 0 Å². The van der Waals surface area contributed by atoms with Gasteiger partial charge in [0.1, 0.15) is 0 Å². The molecule has 3 rings (SSSR count). The van der Waals surface area contributed by atoms with Crippen molar-refractivity contribution in [3.8, 4) is 0 Å². The first kappa shape index (κ1) is 11.5. The molecule has 0 aliphatic heterocycles. The van der Waals surface area contributed by atoms with Crippen LogP contribution >= 0.6 is 0 Å². The molecule has 3 nitrogen and oxygen atoms in total. The summed E-state index contributed by atoms with van der Waals surface area (Å²) in [6, 6.07) is 11.2. The number of nitrogens with one attached hydrogen (secondary N) is 2. The number of aromatic nitrogens is 1. The van der Waals surface area contributed by atoms with Gasteiger partial charge in [0, 0.05) is 35.9 Å². The topological polar surface area (TPSA) is 37.0 Å². The number of hydrogen-bond donors (Lipinski definition) is 2. The van der Waals surface area contributed by atoms with Crippen LogP contribution in [0.15, 0.2) is 30.3 Å². The number of hydrogen-bond acceptors (Lipinski definition) is 3. The van der Waals surface area contributed by atoms with Crippen molar-refractivity contribution in [2.45, 2.75) is 25.8 Å². The van der Waals surface area contributed by atoms with Gasteiger partial charge in [-0.25, -0.2) is 0 Å². The van der Waals surface area contributed by atoms with Crippen molar-refractivity contribution in [2.24, 2.45) is 0 Å². The van der Waals surface area contributed by atoms with Crippen LogP contribution in [0.2, 0.25) is 0 Å². The minimum absolute atomic E-state index is 0.780. The molecule has 1 aliphatic rings. The molecule has 2 N–H and O–H groups in total. The zero-order valence-electron chi connectivity index (χ0n) is 10.7. The molecule has 1 aromatic carbocycles.